The first-order valence-electron chi connectivity index (χ1n) is 7.87. The number of benzene rings is 1. The summed E-state index contributed by atoms with van der Waals surface area (Å²) >= 11 is 1.62. The molecule has 0 bridgehead atoms. The van der Waals surface area contributed by atoms with Crippen molar-refractivity contribution in [1.29, 1.82) is 0 Å². The number of nitrogens with zero attached hydrogens (tertiary/aromatic N) is 1. The Labute approximate surface area is 140 Å². The fraction of sp³-hybridized carbons (Fsp3) is 0.333. The molecular weight excluding hydrogens is 308 g/mol. The minimum Gasteiger partial charge on any atom is -0.351 e. The molecule has 1 saturated heterocycles. The highest BCUT2D eigenvalue weighted by molar-refractivity contribution is 7.09. The summed E-state index contributed by atoms with van der Waals surface area (Å²) < 4.78 is 0. The lowest BCUT2D eigenvalue weighted by Crippen LogP contribution is -2.32. The summed E-state index contributed by atoms with van der Waals surface area (Å²) in [5.74, 6) is -0.280. The van der Waals surface area contributed by atoms with Crippen molar-refractivity contribution in [2.75, 3.05) is 11.4 Å². The normalized spacial score (nSPS) is 17.5. The van der Waals surface area contributed by atoms with Crippen molar-refractivity contribution in [3.63, 3.8) is 0 Å². The lowest BCUT2D eigenvalue weighted by molar-refractivity contribution is -0.126. The summed E-state index contributed by atoms with van der Waals surface area (Å²) in [7, 11) is 0. The van der Waals surface area contributed by atoms with E-state index in [4.69, 9.17) is 0 Å². The van der Waals surface area contributed by atoms with Gasteiger partial charge in [-0.1, -0.05) is 31.2 Å². The van der Waals surface area contributed by atoms with Crippen LogP contribution in [-0.2, 0) is 22.6 Å². The van der Waals surface area contributed by atoms with Crippen LogP contribution >= 0.6 is 11.3 Å². The standard InChI is InChI=1S/C18H20N2O2S/c1-2-13-6-3-4-8-16(13)20-12-14(10-17(20)21)18(22)19-11-15-7-5-9-23-15/h3-9,14H,2,10-12H2,1H3,(H,19,22). The minimum atomic E-state index is -0.271. The smallest absolute Gasteiger partial charge is 0.227 e. The summed E-state index contributed by atoms with van der Waals surface area (Å²) in [4.78, 5) is 27.6. The second-order valence-electron chi connectivity index (χ2n) is 5.68. The quantitative estimate of drug-likeness (QED) is 0.917. The van der Waals surface area contributed by atoms with Crippen molar-refractivity contribution in [3.8, 4) is 0 Å². The van der Waals surface area contributed by atoms with Crippen molar-refractivity contribution in [2.24, 2.45) is 5.92 Å². The fourth-order valence-electron chi connectivity index (χ4n) is 2.92. The van der Waals surface area contributed by atoms with E-state index >= 15 is 0 Å². The molecule has 4 nitrogen and oxygen atoms in total. The molecule has 0 spiro atoms. The van der Waals surface area contributed by atoms with Crippen LogP contribution in [-0.4, -0.2) is 18.4 Å². The first-order valence-corrected chi connectivity index (χ1v) is 8.75. The molecule has 23 heavy (non-hydrogen) atoms. The Kier molecular flexibility index (Phi) is 4.76. The summed E-state index contributed by atoms with van der Waals surface area (Å²) in [5, 5.41) is 4.93. The van der Waals surface area contributed by atoms with Crippen LogP contribution in [0.3, 0.4) is 0 Å². The second-order valence-corrected chi connectivity index (χ2v) is 6.72. The van der Waals surface area contributed by atoms with Crippen LogP contribution in [0.15, 0.2) is 41.8 Å². The average Bonchev–Trinajstić information content (AvgIpc) is 3.22. The zero-order chi connectivity index (χ0) is 16.2. The molecule has 0 radical (unpaired) electrons. The Hall–Kier alpha value is -2.14. The Bertz CT molecular complexity index is 697. The number of thiophene rings is 1. The minimum absolute atomic E-state index is 0.0298. The maximum atomic E-state index is 12.3. The van der Waals surface area contributed by atoms with Gasteiger partial charge in [-0.05, 0) is 29.5 Å². The number of hydrogen-bond acceptors (Lipinski definition) is 3. The van der Waals surface area contributed by atoms with Crippen LogP contribution in [0.1, 0.15) is 23.8 Å². The van der Waals surface area contributed by atoms with E-state index in [9.17, 15) is 9.59 Å². The van der Waals surface area contributed by atoms with Gasteiger partial charge in [0, 0.05) is 23.5 Å². The highest BCUT2D eigenvalue weighted by Crippen LogP contribution is 2.28. The average molecular weight is 328 g/mol. The molecule has 2 amide bonds. The SMILES string of the molecule is CCc1ccccc1N1CC(C(=O)NCc2cccs2)CC1=O. The van der Waals surface area contributed by atoms with Gasteiger partial charge in [-0.15, -0.1) is 11.3 Å². The van der Waals surface area contributed by atoms with Gasteiger partial charge in [-0.3, -0.25) is 9.59 Å². The molecule has 1 aromatic carbocycles. The molecule has 1 aliphatic heterocycles. The molecule has 1 unspecified atom stereocenters. The van der Waals surface area contributed by atoms with Crippen molar-refractivity contribution in [3.05, 3.63) is 52.2 Å². The molecule has 2 aromatic rings. The number of carbonyl (C=O) groups is 2. The molecule has 1 atom stereocenters. The molecule has 0 saturated carbocycles. The van der Waals surface area contributed by atoms with Crippen LogP contribution < -0.4 is 10.2 Å². The topological polar surface area (TPSA) is 49.4 Å². The Balaban J connectivity index is 1.66. The summed E-state index contributed by atoms with van der Waals surface area (Å²) in [6.45, 7) is 3.07. The fourth-order valence-corrected chi connectivity index (χ4v) is 3.57. The van der Waals surface area contributed by atoms with Crippen molar-refractivity contribution in [1.82, 2.24) is 5.32 Å². The van der Waals surface area contributed by atoms with Gasteiger partial charge in [0.15, 0.2) is 0 Å². The first-order chi connectivity index (χ1) is 11.2. The van der Waals surface area contributed by atoms with Gasteiger partial charge >= 0.3 is 0 Å². The zero-order valence-corrected chi connectivity index (χ0v) is 13.9. The molecule has 1 aromatic heterocycles. The van der Waals surface area contributed by atoms with E-state index in [-0.39, 0.29) is 24.2 Å². The van der Waals surface area contributed by atoms with Crippen LogP contribution in [0, 0.1) is 5.92 Å². The number of nitrogens with one attached hydrogen (secondary N) is 1. The molecule has 1 fully saturated rings. The Morgan fingerprint density at radius 3 is 2.87 bits per heavy atom. The maximum absolute atomic E-state index is 12.3. The Morgan fingerprint density at radius 2 is 2.13 bits per heavy atom. The monoisotopic (exact) mass is 328 g/mol. The highest BCUT2D eigenvalue weighted by Gasteiger charge is 2.35. The largest absolute Gasteiger partial charge is 0.351 e. The third-order valence-electron chi connectivity index (χ3n) is 4.18. The van der Waals surface area contributed by atoms with Crippen LogP contribution in [0.5, 0.6) is 0 Å². The summed E-state index contributed by atoms with van der Waals surface area (Å²) in [5.41, 5.74) is 2.08. The maximum Gasteiger partial charge on any atom is 0.227 e. The van der Waals surface area contributed by atoms with Gasteiger partial charge in [-0.2, -0.15) is 0 Å². The summed E-state index contributed by atoms with van der Waals surface area (Å²) in [6, 6.07) is 11.9. The molecule has 1 aliphatic rings. The predicted octanol–water partition coefficient (Wildman–Crippen LogP) is 2.98. The van der Waals surface area contributed by atoms with E-state index in [0.29, 0.717) is 13.1 Å². The van der Waals surface area contributed by atoms with Gasteiger partial charge in [0.05, 0.1) is 12.5 Å². The van der Waals surface area contributed by atoms with Gasteiger partial charge in [-0.25, -0.2) is 0 Å². The van der Waals surface area contributed by atoms with Crippen molar-refractivity contribution >= 4 is 28.8 Å². The van der Waals surface area contributed by atoms with Gasteiger partial charge < -0.3 is 10.2 Å². The molecule has 120 valence electrons. The predicted molar refractivity (Wildman–Crippen MR) is 92.4 cm³/mol. The van der Waals surface area contributed by atoms with Crippen LogP contribution in [0.2, 0.25) is 0 Å². The molecule has 1 N–H and O–H groups in total. The number of aryl methyl sites for hydroxylation is 1. The lowest BCUT2D eigenvalue weighted by atomic mass is 10.1. The van der Waals surface area contributed by atoms with E-state index in [2.05, 4.69) is 12.2 Å². The highest BCUT2D eigenvalue weighted by atomic mass is 32.1. The number of rotatable bonds is 5. The van der Waals surface area contributed by atoms with E-state index < -0.39 is 0 Å². The third kappa shape index (κ3) is 3.45. The first kappa shape index (κ1) is 15.7. The summed E-state index contributed by atoms with van der Waals surface area (Å²) in [6.07, 6.45) is 1.16. The number of para-hydroxylation sites is 1. The zero-order valence-electron chi connectivity index (χ0n) is 13.1. The van der Waals surface area contributed by atoms with Crippen molar-refractivity contribution in [2.45, 2.75) is 26.3 Å². The van der Waals surface area contributed by atoms with Crippen LogP contribution in [0.25, 0.3) is 0 Å². The molecular formula is C18H20N2O2S. The van der Waals surface area contributed by atoms with E-state index in [1.807, 2.05) is 41.8 Å². The van der Waals surface area contributed by atoms with E-state index in [0.717, 1.165) is 22.5 Å². The van der Waals surface area contributed by atoms with Gasteiger partial charge in [0.2, 0.25) is 11.8 Å². The molecule has 2 heterocycles. The van der Waals surface area contributed by atoms with E-state index in [1.165, 1.54) is 0 Å². The molecule has 3 rings (SSSR count). The number of hydrogen-bond donors (Lipinski definition) is 1. The number of carbonyl (C=O) groups excluding carboxylic acids is 2. The number of anilines is 1. The van der Waals surface area contributed by atoms with Gasteiger partial charge in [0.1, 0.15) is 0 Å². The lowest BCUT2D eigenvalue weighted by Gasteiger charge is -2.19. The second kappa shape index (κ2) is 6.96. The third-order valence-corrected chi connectivity index (χ3v) is 5.05. The molecule has 0 aliphatic carbocycles. The molecule has 5 heteroatoms. The number of amides is 2. The van der Waals surface area contributed by atoms with Crippen molar-refractivity contribution < 1.29 is 9.59 Å². The van der Waals surface area contributed by atoms with Crippen LogP contribution in [0.4, 0.5) is 5.69 Å². The Morgan fingerprint density at radius 1 is 1.30 bits per heavy atom. The van der Waals surface area contributed by atoms with Gasteiger partial charge in [0.25, 0.3) is 0 Å². The van der Waals surface area contributed by atoms with E-state index in [1.54, 1.807) is 16.2 Å².